The molecule has 1 aliphatic rings. The molecule has 3 atom stereocenters. The maximum Gasteiger partial charge on any atom is 0.315 e. The Hall–Kier alpha value is -1.17. The maximum atomic E-state index is 12.0. The van der Waals surface area contributed by atoms with Gasteiger partial charge in [0.15, 0.2) is 0 Å². The zero-order chi connectivity index (χ0) is 16.1. The lowest BCUT2D eigenvalue weighted by Crippen LogP contribution is -2.45. The highest BCUT2D eigenvalue weighted by atomic mass is 32.2. The van der Waals surface area contributed by atoms with Crippen LogP contribution in [0.2, 0.25) is 0 Å². The number of hydrogen-bond acceptors (Lipinski definition) is 3. The summed E-state index contributed by atoms with van der Waals surface area (Å²) < 4.78 is 2.01. The smallest absolute Gasteiger partial charge is 0.315 e. The number of aryl methyl sites for hydroxylation is 2. The van der Waals surface area contributed by atoms with Gasteiger partial charge in [0, 0.05) is 30.1 Å². The van der Waals surface area contributed by atoms with Gasteiger partial charge in [-0.05, 0) is 44.9 Å². The first-order chi connectivity index (χ1) is 10.5. The Labute approximate surface area is 137 Å². The summed E-state index contributed by atoms with van der Waals surface area (Å²) in [7, 11) is 0. The minimum Gasteiger partial charge on any atom is -0.338 e. The molecule has 0 spiro atoms. The van der Waals surface area contributed by atoms with Crippen molar-refractivity contribution in [3.63, 3.8) is 0 Å². The molecular formula is C16H28N4OS. The Morgan fingerprint density at radius 2 is 2.27 bits per heavy atom. The summed E-state index contributed by atoms with van der Waals surface area (Å²) >= 11 is 1.86. The summed E-state index contributed by atoms with van der Waals surface area (Å²) in [5, 5.41) is 11.2. The highest BCUT2D eigenvalue weighted by Crippen LogP contribution is 2.28. The molecule has 1 aliphatic carbocycles. The Bertz CT molecular complexity index is 502. The number of carbonyl (C=O) groups is 1. The fraction of sp³-hybridized carbons (Fsp3) is 0.750. The minimum atomic E-state index is -0.0360. The average molecular weight is 324 g/mol. The van der Waals surface area contributed by atoms with Crippen LogP contribution in [0.1, 0.15) is 37.6 Å². The molecule has 0 aromatic carbocycles. The van der Waals surface area contributed by atoms with Gasteiger partial charge in [-0.1, -0.05) is 13.3 Å². The molecule has 2 N–H and O–H groups in total. The first kappa shape index (κ1) is 17.2. The number of nitrogens with zero attached hydrogens (tertiary/aromatic N) is 2. The van der Waals surface area contributed by atoms with Crippen LogP contribution in [0.25, 0.3) is 0 Å². The summed E-state index contributed by atoms with van der Waals surface area (Å²) in [6.07, 6.45) is 5.64. The Morgan fingerprint density at radius 3 is 2.91 bits per heavy atom. The van der Waals surface area contributed by atoms with Crippen molar-refractivity contribution in [2.45, 2.75) is 57.9 Å². The predicted octanol–water partition coefficient (Wildman–Crippen LogP) is 2.72. The normalized spacial score (nSPS) is 22.5. The van der Waals surface area contributed by atoms with E-state index in [0.29, 0.717) is 23.8 Å². The first-order valence-electron chi connectivity index (χ1n) is 8.07. The van der Waals surface area contributed by atoms with Crippen LogP contribution in [0.15, 0.2) is 6.07 Å². The van der Waals surface area contributed by atoms with Crippen LogP contribution in [0, 0.1) is 19.8 Å². The number of amides is 2. The lowest BCUT2D eigenvalue weighted by atomic mass is 10.2. The van der Waals surface area contributed by atoms with Crippen LogP contribution in [-0.4, -0.2) is 39.9 Å². The van der Waals surface area contributed by atoms with Crippen molar-refractivity contribution in [3.8, 4) is 0 Å². The van der Waals surface area contributed by atoms with Crippen LogP contribution in [-0.2, 0) is 6.54 Å². The van der Waals surface area contributed by atoms with E-state index >= 15 is 0 Å². The van der Waals surface area contributed by atoms with E-state index in [9.17, 15) is 4.79 Å². The third-order valence-electron chi connectivity index (χ3n) is 4.27. The number of nitrogens with one attached hydrogen (secondary N) is 2. The van der Waals surface area contributed by atoms with Crippen molar-refractivity contribution in [2.24, 2.45) is 5.92 Å². The largest absolute Gasteiger partial charge is 0.338 e. The molecular weight excluding hydrogens is 296 g/mol. The lowest BCUT2D eigenvalue weighted by molar-refractivity contribution is 0.235. The van der Waals surface area contributed by atoms with Gasteiger partial charge in [0.05, 0.1) is 5.69 Å². The topological polar surface area (TPSA) is 59.0 Å². The summed E-state index contributed by atoms with van der Waals surface area (Å²) in [5.74, 6) is 0.351. The molecule has 124 valence electrons. The molecule has 0 bridgehead atoms. The van der Waals surface area contributed by atoms with Crippen molar-refractivity contribution < 1.29 is 4.79 Å². The quantitative estimate of drug-likeness (QED) is 0.846. The second kappa shape index (κ2) is 7.90. The van der Waals surface area contributed by atoms with E-state index in [-0.39, 0.29) is 6.03 Å². The van der Waals surface area contributed by atoms with Crippen molar-refractivity contribution in [2.75, 3.05) is 12.8 Å². The van der Waals surface area contributed by atoms with Crippen molar-refractivity contribution in [1.82, 2.24) is 20.4 Å². The summed E-state index contributed by atoms with van der Waals surface area (Å²) in [4.78, 5) is 12.0. The number of rotatable bonds is 6. The van der Waals surface area contributed by atoms with Gasteiger partial charge in [-0.15, -0.1) is 0 Å². The predicted molar refractivity (Wildman–Crippen MR) is 92.3 cm³/mol. The fourth-order valence-corrected chi connectivity index (χ4v) is 4.01. The summed E-state index contributed by atoms with van der Waals surface area (Å²) in [6, 6.07) is 2.36. The number of aromatic nitrogens is 2. The van der Waals surface area contributed by atoms with Gasteiger partial charge in [0.25, 0.3) is 0 Å². The van der Waals surface area contributed by atoms with E-state index in [2.05, 4.69) is 41.9 Å². The fourth-order valence-electron chi connectivity index (χ4n) is 3.08. The standard InChI is InChI=1S/C16H28N4OS/c1-11(10-20-13(3)8-12(2)19-20)9-17-16(21)18-14-6-5-7-15(14)22-4/h8,11,14-15H,5-7,9-10H2,1-4H3,(H2,17,18,21)/t11-,14+,15+/m0/s1. The van der Waals surface area contributed by atoms with Crippen LogP contribution in [0.3, 0.4) is 0 Å². The van der Waals surface area contributed by atoms with E-state index in [0.717, 1.165) is 18.7 Å². The summed E-state index contributed by atoms with van der Waals surface area (Å²) in [6.45, 7) is 7.70. The van der Waals surface area contributed by atoms with Crippen LogP contribution in [0.5, 0.6) is 0 Å². The van der Waals surface area contributed by atoms with Gasteiger partial charge in [-0.25, -0.2) is 4.79 Å². The molecule has 2 amide bonds. The van der Waals surface area contributed by atoms with Gasteiger partial charge in [0.2, 0.25) is 0 Å². The SMILES string of the molecule is CS[C@@H]1CCC[C@H]1NC(=O)NC[C@H](C)Cn1nc(C)cc1C. The number of thioether (sulfide) groups is 1. The third kappa shape index (κ3) is 4.66. The highest BCUT2D eigenvalue weighted by Gasteiger charge is 2.27. The maximum absolute atomic E-state index is 12.0. The molecule has 0 saturated heterocycles. The third-order valence-corrected chi connectivity index (χ3v) is 5.44. The molecule has 1 heterocycles. The Balaban J connectivity index is 1.72. The number of carbonyl (C=O) groups excluding carboxylic acids is 1. The van der Waals surface area contributed by atoms with Crippen molar-refractivity contribution in [3.05, 3.63) is 17.5 Å². The van der Waals surface area contributed by atoms with E-state index in [1.807, 2.05) is 23.4 Å². The number of urea groups is 1. The van der Waals surface area contributed by atoms with Crippen molar-refractivity contribution in [1.29, 1.82) is 0 Å². The molecule has 0 radical (unpaired) electrons. The van der Waals surface area contributed by atoms with Crippen LogP contribution >= 0.6 is 11.8 Å². The first-order valence-corrected chi connectivity index (χ1v) is 9.36. The van der Waals surface area contributed by atoms with Gasteiger partial charge in [0.1, 0.15) is 0 Å². The zero-order valence-corrected chi connectivity index (χ0v) is 14.9. The Morgan fingerprint density at radius 1 is 1.50 bits per heavy atom. The van der Waals surface area contributed by atoms with Gasteiger partial charge in [-0.2, -0.15) is 16.9 Å². The second-order valence-corrected chi connectivity index (χ2v) is 7.46. The van der Waals surface area contributed by atoms with E-state index in [4.69, 9.17) is 0 Å². The summed E-state index contributed by atoms with van der Waals surface area (Å²) in [5.41, 5.74) is 2.21. The monoisotopic (exact) mass is 324 g/mol. The van der Waals surface area contributed by atoms with E-state index in [1.165, 1.54) is 18.5 Å². The second-order valence-electron chi connectivity index (χ2n) is 6.38. The molecule has 22 heavy (non-hydrogen) atoms. The molecule has 0 unspecified atom stereocenters. The molecule has 2 rings (SSSR count). The molecule has 1 aromatic heterocycles. The van der Waals surface area contributed by atoms with Crippen LogP contribution < -0.4 is 10.6 Å². The zero-order valence-electron chi connectivity index (χ0n) is 14.1. The van der Waals surface area contributed by atoms with Crippen molar-refractivity contribution >= 4 is 17.8 Å². The molecule has 0 aliphatic heterocycles. The molecule has 1 fully saturated rings. The minimum absolute atomic E-state index is 0.0360. The highest BCUT2D eigenvalue weighted by molar-refractivity contribution is 7.99. The van der Waals surface area contributed by atoms with Crippen LogP contribution in [0.4, 0.5) is 4.79 Å². The van der Waals surface area contributed by atoms with Gasteiger partial charge in [-0.3, -0.25) is 4.68 Å². The lowest BCUT2D eigenvalue weighted by Gasteiger charge is -2.20. The number of hydrogen-bond donors (Lipinski definition) is 2. The molecule has 6 heteroatoms. The van der Waals surface area contributed by atoms with E-state index in [1.54, 1.807) is 0 Å². The molecule has 1 saturated carbocycles. The Kier molecular flexibility index (Phi) is 6.17. The van der Waals surface area contributed by atoms with E-state index < -0.39 is 0 Å². The molecule has 5 nitrogen and oxygen atoms in total. The van der Waals surface area contributed by atoms with Gasteiger partial charge >= 0.3 is 6.03 Å². The molecule has 1 aromatic rings. The van der Waals surface area contributed by atoms with Gasteiger partial charge < -0.3 is 10.6 Å². The average Bonchev–Trinajstić information content (AvgIpc) is 3.03.